The fourth-order valence-corrected chi connectivity index (χ4v) is 3.84. The fraction of sp³-hybridized carbons (Fsp3) is 0.526. The van der Waals surface area contributed by atoms with E-state index in [1.54, 1.807) is 11.9 Å². The number of carbonyl (C=O) groups is 3. The molecule has 1 heterocycles. The molecule has 1 aliphatic carbocycles. The minimum atomic E-state index is -0.812. The van der Waals surface area contributed by atoms with E-state index in [1.165, 1.54) is 0 Å². The van der Waals surface area contributed by atoms with Crippen LogP contribution in [0.5, 0.6) is 0 Å². The van der Waals surface area contributed by atoms with Gasteiger partial charge in [-0.1, -0.05) is 50.1 Å². The summed E-state index contributed by atoms with van der Waals surface area (Å²) in [5.41, 5.74) is 0.195. The maximum Gasteiger partial charge on any atom is 0.325 e. The molecule has 1 saturated carbocycles. The van der Waals surface area contributed by atoms with E-state index >= 15 is 0 Å². The summed E-state index contributed by atoms with van der Waals surface area (Å²) in [5, 5.41) is 2.88. The number of urea groups is 1. The van der Waals surface area contributed by atoms with Gasteiger partial charge in [-0.05, 0) is 24.3 Å². The van der Waals surface area contributed by atoms with E-state index in [0.29, 0.717) is 13.0 Å². The standard InChI is InChI=1S/C19H25N3O3/c1-14-8-6-7-11-19(14)17(24)22(18(25)20-19)13-16(23)21(2)12-15-9-4-3-5-10-15/h3-5,9-10,14H,6-8,11-13H2,1-2H3,(H,20,25)/t14-,19+/m0/s1. The summed E-state index contributed by atoms with van der Waals surface area (Å²) >= 11 is 0. The van der Waals surface area contributed by atoms with Crippen LogP contribution in [0.1, 0.15) is 38.2 Å². The highest BCUT2D eigenvalue weighted by Gasteiger charge is 2.55. The zero-order valence-corrected chi connectivity index (χ0v) is 14.8. The van der Waals surface area contributed by atoms with E-state index in [9.17, 15) is 14.4 Å². The van der Waals surface area contributed by atoms with Crippen LogP contribution in [0.4, 0.5) is 4.79 Å². The lowest BCUT2D eigenvalue weighted by atomic mass is 9.73. The van der Waals surface area contributed by atoms with Crippen molar-refractivity contribution in [3.8, 4) is 0 Å². The van der Waals surface area contributed by atoms with Crippen LogP contribution in [0.15, 0.2) is 30.3 Å². The molecular formula is C19H25N3O3. The third-order valence-electron chi connectivity index (χ3n) is 5.48. The number of imide groups is 1. The second-order valence-corrected chi connectivity index (χ2v) is 7.18. The van der Waals surface area contributed by atoms with Gasteiger partial charge in [-0.2, -0.15) is 0 Å². The summed E-state index contributed by atoms with van der Waals surface area (Å²) in [6.07, 6.45) is 3.57. The van der Waals surface area contributed by atoms with Gasteiger partial charge >= 0.3 is 6.03 Å². The number of carbonyl (C=O) groups excluding carboxylic acids is 3. The van der Waals surface area contributed by atoms with Crippen molar-refractivity contribution in [1.82, 2.24) is 15.1 Å². The molecule has 6 nitrogen and oxygen atoms in total. The Bertz CT molecular complexity index is 676. The molecule has 134 valence electrons. The number of hydrogen-bond donors (Lipinski definition) is 1. The van der Waals surface area contributed by atoms with E-state index in [2.05, 4.69) is 5.32 Å². The second-order valence-electron chi connectivity index (χ2n) is 7.18. The first-order valence-electron chi connectivity index (χ1n) is 8.86. The number of nitrogens with zero attached hydrogens (tertiary/aromatic N) is 2. The topological polar surface area (TPSA) is 69.7 Å². The van der Waals surface area contributed by atoms with Gasteiger partial charge in [-0.3, -0.25) is 14.5 Å². The number of hydrogen-bond acceptors (Lipinski definition) is 3. The molecule has 2 aliphatic rings. The van der Waals surface area contributed by atoms with Crippen molar-refractivity contribution in [2.75, 3.05) is 13.6 Å². The van der Waals surface area contributed by atoms with Gasteiger partial charge in [0.1, 0.15) is 12.1 Å². The van der Waals surface area contributed by atoms with Crippen LogP contribution in [0.25, 0.3) is 0 Å². The molecule has 6 heteroatoms. The van der Waals surface area contributed by atoms with Crippen LogP contribution < -0.4 is 5.32 Å². The van der Waals surface area contributed by atoms with E-state index in [0.717, 1.165) is 29.7 Å². The van der Waals surface area contributed by atoms with Gasteiger partial charge in [0.25, 0.3) is 5.91 Å². The van der Waals surface area contributed by atoms with Crippen molar-refractivity contribution in [2.24, 2.45) is 5.92 Å². The molecule has 0 bridgehead atoms. The van der Waals surface area contributed by atoms with Crippen LogP contribution in [-0.2, 0) is 16.1 Å². The monoisotopic (exact) mass is 343 g/mol. The Kier molecular flexibility index (Phi) is 4.79. The number of amides is 4. The minimum Gasteiger partial charge on any atom is -0.340 e. The Hall–Kier alpha value is -2.37. The minimum absolute atomic E-state index is 0.0971. The normalized spacial score (nSPS) is 26.0. The molecule has 1 saturated heterocycles. The largest absolute Gasteiger partial charge is 0.340 e. The molecule has 4 amide bonds. The first kappa shape index (κ1) is 17.5. The van der Waals surface area contributed by atoms with Crippen LogP contribution in [0.2, 0.25) is 0 Å². The zero-order chi connectivity index (χ0) is 18.0. The number of nitrogens with one attached hydrogen (secondary N) is 1. The van der Waals surface area contributed by atoms with Gasteiger partial charge in [0.05, 0.1) is 0 Å². The molecule has 0 unspecified atom stereocenters. The molecule has 1 N–H and O–H groups in total. The Labute approximate surface area is 148 Å². The summed E-state index contributed by atoms with van der Waals surface area (Å²) in [5.74, 6) is -0.390. The van der Waals surface area contributed by atoms with E-state index in [-0.39, 0.29) is 24.3 Å². The number of rotatable bonds is 4. The summed E-state index contributed by atoms with van der Waals surface area (Å²) in [6, 6.07) is 9.19. The number of benzene rings is 1. The third kappa shape index (κ3) is 3.25. The van der Waals surface area contributed by atoms with Crippen LogP contribution in [-0.4, -0.2) is 46.8 Å². The molecule has 2 atom stereocenters. The van der Waals surface area contributed by atoms with Crippen molar-refractivity contribution in [2.45, 2.75) is 44.7 Å². The van der Waals surface area contributed by atoms with Gasteiger partial charge in [0, 0.05) is 13.6 Å². The predicted octanol–water partition coefficient (Wildman–Crippen LogP) is 2.15. The summed E-state index contributed by atoms with van der Waals surface area (Å²) in [6.45, 7) is 2.25. The Morgan fingerprint density at radius 1 is 1.28 bits per heavy atom. The summed E-state index contributed by atoms with van der Waals surface area (Å²) in [4.78, 5) is 40.4. The smallest absolute Gasteiger partial charge is 0.325 e. The molecule has 2 fully saturated rings. The lowest BCUT2D eigenvalue weighted by molar-refractivity contribution is -0.140. The molecular weight excluding hydrogens is 318 g/mol. The van der Waals surface area contributed by atoms with Crippen molar-refractivity contribution in [3.63, 3.8) is 0 Å². The maximum absolute atomic E-state index is 12.9. The molecule has 0 aromatic heterocycles. The third-order valence-corrected chi connectivity index (χ3v) is 5.48. The van der Waals surface area contributed by atoms with Gasteiger partial charge in [0.2, 0.25) is 5.91 Å². The molecule has 1 spiro atoms. The molecule has 25 heavy (non-hydrogen) atoms. The molecule has 1 aliphatic heterocycles. The van der Waals surface area contributed by atoms with E-state index in [4.69, 9.17) is 0 Å². The Morgan fingerprint density at radius 3 is 2.68 bits per heavy atom. The zero-order valence-electron chi connectivity index (χ0n) is 14.8. The average Bonchev–Trinajstić information content (AvgIpc) is 2.83. The highest BCUT2D eigenvalue weighted by atomic mass is 16.2. The van der Waals surface area contributed by atoms with Crippen LogP contribution in [0.3, 0.4) is 0 Å². The number of likely N-dealkylation sites (N-methyl/N-ethyl adjacent to an activating group) is 1. The van der Waals surface area contributed by atoms with Crippen molar-refractivity contribution < 1.29 is 14.4 Å². The van der Waals surface area contributed by atoms with Crippen molar-refractivity contribution in [1.29, 1.82) is 0 Å². The van der Waals surface area contributed by atoms with Gasteiger partial charge in [-0.15, -0.1) is 0 Å². The fourth-order valence-electron chi connectivity index (χ4n) is 3.84. The van der Waals surface area contributed by atoms with Crippen LogP contribution in [0, 0.1) is 5.92 Å². The molecule has 1 aromatic rings. The molecule has 1 aromatic carbocycles. The van der Waals surface area contributed by atoms with Crippen molar-refractivity contribution in [3.05, 3.63) is 35.9 Å². The summed E-state index contributed by atoms with van der Waals surface area (Å²) in [7, 11) is 1.69. The van der Waals surface area contributed by atoms with Gasteiger partial charge < -0.3 is 10.2 Å². The van der Waals surface area contributed by atoms with Crippen molar-refractivity contribution >= 4 is 17.8 Å². The van der Waals surface area contributed by atoms with Crippen LogP contribution >= 0.6 is 0 Å². The second kappa shape index (κ2) is 6.86. The van der Waals surface area contributed by atoms with Gasteiger partial charge in [-0.25, -0.2) is 4.79 Å². The summed E-state index contributed by atoms with van der Waals surface area (Å²) < 4.78 is 0. The Morgan fingerprint density at radius 2 is 2.00 bits per heavy atom. The molecule has 3 rings (SSSR count). The first-order valence-corrected chi connectivity index (χ1v) is 8.86. The predicted molar refractivity (Wildman–Crippen MR) is 93.5 cm³/mol. The molecule has 0 radical (unpaired) electrons. The van der Waals surface area contributed by atoms with E-state index in [1.807, 2.05) is 37.3 Å². The highest BCUT2D eigenvalue weighted by Crippen LogP contribution is 2.38. The van der Waals surface area contributed by atoms with Gasteiger partial charge in [0.15, 0.2) is 0 Å². The highest BCUT2D eigenvalue weighted by molar-refractivity contribution is 6.09. The average molecular weight is 343 g/mol. The Balaban J connectivity index is 1.67. The first-order chi connectivity index (χ1) is 11.9. The maximum atomic E-state index is 12.9. The lowest BCUT2D eigenvalue weighted by Gasteiger charge is -2.36. The SMILES string of the molecule is C[C@H]1CCCC[C@@]12NC(=O)N(CC(=O)N(C)Cc1ccccc1)C2=O. The quantitative estimate of drug-likeness (QED) is 0.852. The lowest BCUT2D eigenvalue weighted by Crippen LogP contribution is -2.54. The van der Waals surface area contributed by atoms with E-state index < -0.39 is 11.6 Å².